The van der Waals surface area contributed by atoms with Crippen LogP contribution in [0.15, 0.2) is 9.98 Å². The highest BCUT2D eigenvalue weighted by molar-refractivity contribution is 9.11. The normalized spacial score (nSPS) is 23.6. The van der Waals surface area contributed by atoms with Crippen molar-refractivity contribution in [1.29, 1.82) is 0 Å². The standard InChI is InChI=1S/C9H9BrN2O4S/c10-6-3-11-9(17-6)12-7(13)4-1-2-5(16-4)8(14)15/h3-5H,1-2H2,(H,14,15)(H,11,12,13)/t4-,5+/m1/s1. The molecule has 1 fully saturated rings. The summed E-state index contributed by atoms with van der Waals surface area (Å²) in [6.45, 7) is 0. The van der Waals surface area contributed by atoms with Gasteiger partial charge < -0.3 is 9.84 Å². The Morgan fingerprint density at radius 2 is 2.24 bits per heavy atom. The van der Waals surface area contributed by atoms with E-state index in [1.807, 2.05) is 0 Å². The predicted molar refractivity (Wildman–Crippen MR) is 64.0 cm³/mol. The smallest absolute Gasteiger partial charge is 0.332 e. The van der Waals surface area contributed by atoms with Gasteiger partial charge in [0.15, 0.2) is 11.2 Å². The summed E-state index contributed by atoms with van der Waals surface area (Å²) in [5, 5.41) is 11.8. The molecule has 6 nitrogen and oxygen atoms in total. The number of aromatic nitrogens is 1. The number of carbonyl (C=O) groups excluding carboxylic acids is 1. The molecule has 0 radical (unpaired) electrons. The maximum Gasteiger partial charge on any atom is 0.332 e. The Kier molecular flexibility index (Phi) is 3.75. The van der Waals surface area contributed by atoms with Gasteiger partial charge >= 0.3 is 5.97 Å². The predicted octanol–water partition coefficient (Wildman–Crippen LogP) is 1.48. The van der Waals surface area contributed by atoms with E-state index < -0.39 is 18.2 Å². The third-order valence-corrected chi connectivity index (χ3v) is 3.69. The first kappa shape index (κ1) is 12.5. The Balaban J connectivity index is 1.91. The van der Waals surface area contributed by atoms with E-state index in [0.717, 1.165) is 3.79 Å². The van der Waals surface area contributed by atoms with Gasteiger partial charge in [0.05, 0.1) is 9.98 Å². The van der Waals surface area contributed by atoms with Crippen molar-refractivity contribution in [1.82, 2.24) is 4.98 Å². The Morgan fingerprint density at radius 3 is 2.76 bits per heavy atom. The van der Waals surface area contributed by atoms with Gasteiger partial charge in [-0.2, -0.15) is 0 Å². The number of carboxylic acid groups (broad SMARTS) is 1. The van der Waals surface area contributed by atoms with Gasteiger partial charge in [0.1, 0.15) is 6.10 Å². The van der Waals surface area contributed by atoms with E-state index in [9.17, 15) is 9.59 Å². The number of nitrogens with one attached hydrogen (secondary N) is 1. The molecule has 2 N–H and O–H groups in total. The fourth-order valence-electron chi connectivity index (χ4n) is 1.51. The molecule has 17 heavy (non-hydrogen) atoms. The van der Waals surface area contributed by atoms with Gasteiger partial charge in [-0.15, -0.1) is 0 Å². The van der Waals surface area contributed by atoms with Crippen LogP contribution < -0.4 is 5.32 Å². The van der Waals surface area contributed by atoms with E-state index in [1.165, 1.54) is 11.3 Å². The average molecular weight is 321 g/mol. The topological polar surface area (TPSA) is 88.5 Å². The summed E-state index contributed by atoms with van der Waals surface area (Å²) < 4.78 is 5.93. The molecular formula is C9H9BrN2O4S. The van der Waals surface area contributed by atoms with E-state index in [4.69, 9.17) is 9.84 Å². The minimum absolute atomic E-state index is 0.351. The van der Waals surface area contributed by atoms with Gasteiger partial charge in [-0.1, -0.05) is 11.3 Å². The summed E-state index contributed by atoms with van der Waals surface area (Å²) in [6, 6.07) is 0. The molecular weight excluding hydrogens is 312 g/mol. The van der Waals surface area contributed by atoms with Crippen molar-refractivity contribution in [2.75, 3.05) is 5.32 Å². The fraction of sp³-hybridized carbons (Fsp3) is 0.444. The first-order valence-electron chi connectivity index (χ1n) is 4.86. The Labute approximate surface area is 109 Å². The molecule has 1 amide bonds. The zero-order valence-electron chi connectivity index (χ0n) is 8.55. The van der Waals surface area contributed by atoms with Crippen LogP contribution in [0.1, 0.15) is 12.8 Å². The second-order valence-corrected chi connectivity index (χ2v) is 5.90. The molecule has 0 spiro atoms. The number of nitrogens with zero attached hydrogens (tertiary/aromatic N) is 1. The number of halogens is 1. The number of thiazole rings is 1. The lowest BCUT2D eigenvalue weighted by Gasteiger charge is -2.09. The van der Waals surface area contributed by atoms with Crippen LogP contribution in [0.3, 0.4) is 0 Å². The molecule has 1 aromatic rings. The molecule has 0 unspecified atom stereocenters. The molecule has 0 saturated carbocycles. The number of hydrogen-bond donors (Lipinski definition) is 2. The average Bonchev–Trinajstić information content (AvgIpc) is 2.86. The maximum absolute atomic E-state index is 11.7. The third-order valence-electron chi connectivity index (χ3n) is 2.30. The largest absolute Gasteiger partial charge is 0.479 e. The molecule has 0 bridgehead atoms. The van der Waals surface area contributed by atoms with Crippen molar-refractivity contribution < 1.29 is 19.4 Å². The second kappa shape index (κ2) is 5.11. The summed E-state index contributed by atoms with van der Waals surface area (Å²) in [5.74, 6) is -1.38. The van der Waals surface area contributed by atoms with Crippen LogP contribution >= 0.6 is 27.3 Å². The number of hydrogen-bond acceptors (Lipinski definition) is 5. The Bertz CT molecular complexity index is 450. The van der Waals surface area contributed by atoms with Crippen molar-refractivity contribution in [3.8, 4) is 0 Å². The second-order valence-electron chi connectivity index (χ2n) is 3.49. The highest BCUT2D eigenvalue weighted by atomic mass is 79.9. The molecule has 1 aliphatic heterocycles. The monoisotopic (exact) mass is 320 g/mol. The summed E-state index contributed by atoms with van der Waals surface area (Å²) in [5.41, 5.74) is 0. The molecule has 92 valence electrons. The van der Waals surface area contributed by atoms with Crippen molar-refractivity contribution >= 4 is 44.3 Å². The van der Waals surface area contributed by atoms with E-state index in [2.05, 4.69) is 26.2 Å². The van der Waals surface area contributed by atoms with Gasteiger partial charge in [0.2, 0.25) is 0 Å². The fourth-order valence-corrected chi connectivity index (χ4v) is 2.62. The Morgan fingerprint density at radius 1 is 1.53 bits per heavy atom. The zero-order chi connectivity index (χ0) is 12.4. The molecule has 2 atom stereocenters. The van der Waals surface area contributed by atoms with Crippen LogP contribution in [0, 0.1) is 0 Å². The van der Waals surface area contributed by atoms with Crippen LogP contribution in [0.4, 0.5) is 5.13 Å². The number of carboxylic acids is 1. The maximum atomic E-state index is 11.7. The van der Waals surface area contributed by atoms with Gasteiger partial charge in [0, 0.05) is 0 Å². The minimum Gasteiger partial charge on any atom is -0.479 e. The number of ether oxygens (including phenoxy) is 1. The number of carbonyl (C=O) groups is 2. The van der Waals surface area contributed by atoms with Crippen molar-refractivity contribution in [2.45, 2.75) is 25.0 Å². The highest BCUT2D eigenvalue weighted by Crippen LogP contribution is 2.25. The molecule has 1 saturated heterocycles. The first-order valence-corrected chi connectivity index (χ1v) is 6.47. The zero-order valence-corrected chi connectivity index (χ0v) is 11.0. The summed E-state index contributed by atoms with van der Waals surface area (Å²) in [4.78, 5) is 26.3. The van der Waals surface area contributed by atoms with Gasteiger partial charge in [-0.25, -0.2) is 9.78 Å². The minimum atomic E-state index is -1.03. The molecule has 0 aromatic carbocycles. The lowest BCUT2D eigenvalue weighted by molar-refractivity contribution is -0.150. The SMILES string of the molecule is O=C(O)[C@@H]1CC[C@H](C(=O)Nc2ncc(Br)s2)O1. The van der Waals surface area contributed by atoms with Crippen LogP contribution in [0.5, 0.6) is 0 Å². The summed E-state index contributed by atoms with van der Waals surface area (Å²) in [7, 11) is 0. The van der Waals surface area contributed by atoms with Crippen LogP contribution in [0.2, 0.25) is 0 Å². The van der Waals surface area contributed by atoms with Crippen LogP contribution in [0.25, 0.3) is 0 Å². The quantitative estimate of drug-likeness (QED) is 0.880. The van der Waals surface area contributed by atoms with Crippen molar-refractivity contribution in [3.05, 3.63) is 9.98 Å². The van der Waals surface area contributed by atoms with Crippen molar-refractivity contribution in [2.24, 2.45) is 0 Å². The number of rotatable bonds is 3. The summed E-state index contributed by atoms with van der Waals surface area (Å²) >= 11 is 4.51. The van der Waals surface area contributed by atoms with Gasteiger partial charge in [-0.3, -0.25) is 10.1 Å². The molecule has 1 aromatic heterocycles. The molecule has 1 aliphatic rings. The number of aliphatic carboxylic acids is 1. The van der Waals surface area contributed by atoms with E-state index >= 15 is 0 Å². The van der Waals surface area contributed by atoms with E-state index in [-0.39, 0.29) is 5.91 Å². The third kappa shape index (κ3) is 3.02. The molecule has 8 heteroatoms. The molecule has 2 rings (SSSR count). The lowest BCUT2D eigenvalue weighted by atomic mass is 10.2. The summed E-state index contributed by atoms with van der Waals surface area (Å²) in [6.07, 6.45) is 0.757. The van der Waals surface area contributed by atoms with E-state index in [0.29, 0.717) is 18.0 Å². The van der Waals surface area contributed by atoms with Crippen molar-refractivity contribution in [3.63, 3.8) is 0 Å². The van der Waals surface area contributed by atoms with Gasteiger partial charge in [-0.05, 0) is 28.8 Å². The van der Waals surface area contributed by atoms with Gasteiger partial charge in [0.25, 0.3) is 5.91 Å². The first-order chi connectivity index (χ1) is 8.06. The molecule has 0 aliphatic carbocycles. The van der Waals surface area contributed by atoms with Crippen LogP contribution in [-0.2, 0) is 14.3 Å². The number of anilines is 1. The Hall–Kier alpha value is -0.990. The highest BCUT2D eigenvalue weighted by Gasteiger charge is 2.34. The van der Waals surface area contributed by atoms with Crippen LogP contribution in [-0.4, -0.2) is 34.2 Å². The number of amides is 1. The van der Waals surface area contributed by atoms with E-state index in [1.54, 1.807) is 6.20 Å². The lowest BCUT2D eigenvalue weighted by Crippen LogP contribution is -2.29. The molecule has 2 heterocycles.